The first-order chi connectivity index (χ1) is 18.3. The predicted octanol–water partition coefficient (Wildman–Crippen LogP) is 3.69. The van der Waals surface area contributed by atoms with Gasteiger partial charge in [-0.25, -0.2) is 14.8 Å². The third-order valence-electron chi connectivity index (χ3n) is 5.67. The summed E-state index contributed by atoms with van der Waals surface area (Å²) in [7, 11) is 2.76. The molecule has 1 saturated heterocycles. The lowest BCUT2D eigenvalue weighted by atomic mass is 9.98. The fraction of sp³-hybridized carbons (Fsp3) is 0.296. The van der Waals surface area contributed by atoms with Crippen molar-refractivity contribution in [1.82, 2.24) is 15.0 Å². The number of hydrogen-bond acceptors (Lipinski definition) is 8. The Morgan fingerprint density at radius 1 is 1.08 bits per heavy atom. The summed E-state index contributed by atoms with van der Waals surface area (Å²) in [4.78, 5) is 39.0. The molecule has 0 radical (unpaired) electrons. The molecule has 0 N–H and O–H groups in total. The SMILES string of the molecule is [2H]C([2H])(c1ccc(-c2cnc(OC)nc2)cn1)N(C(=O)C1CCOCC1)c1cccc(C=CC(=O)OC)c1. The van der Waals surface area contributed by atoms with Crippen LogP contribution in [-0.4, -0.2) is 54.3 Å². The summed E-state index contributed by atoms with van der Waals surface area (Å²) in [6.07, 6.45) is 8.50. The normalized spacial score (nSPS) is 15.2. The van der Waals surface area contributed by atoms with Crippen molar-refractivity contribution in [2.75, 3.05) is 32.3 Å². The number of amides is 1. The molecule has 1 fully saturated rings. The lowest BCUT2D eigenvalue weighted by molar-refractivity contribution is -0.134. The summed E-state index contributed by atoms with van der Waals surface area (Å²) >= 11 is 0. The van der Waals surface area contributed by atoms with Crippen molar-refractivity contribution in [1.29, 1.82) is 0 Å². The summed E-state index contributed by atoms with van der Waals surface area (Å²) in [6.45, 7) is -1.41. The molecule has 1 aromatic carbocycles. The first kappa shape index (κ1) is 22.4. The molecule has 0 aliphatic carbocycles. The van der Waals surface area contributed by atoms with E-state index in [0.717, 1.165) is 4.90 Å². The Hall–Kier alpha value is -4.11. The number of carbonyl (C=O) groups excluding carboxylic acids is 2. The van der Waals surface area contributed by atoms with Crippen molar-refractivity contribution in [2.45, 2.75) is 19.3 Å². The smallest absolute Gasteiger partial charge is 0.330 e. The molecule has 3 heterocycles. The lowest BCUT2D eigenvalue weighted by Crippen LogP contribution is -2.38. The van der Waals surface area contributed by atoms with E-state index in [2.05, 4.69) is 19.7 Å². The highest BCUT2D eigenvalue weighted by Crippen LogP contribution is 2.26. The molecule has 0 bridgehead atoms. The molecule has 0 unspecified atom stereocenters. The van der Waals surface area contributed by atoms with Gasteiger partial charge in [-0.05, 0) is 42.7 Å². The number of benzene rings is 1. The number of rotatable bonds is 8. The molecule has 0 atom stereocenters. The van der Waals surface area contributed by atoms with Crippen LogP contribution in [0.2, 0.25) is 0 Å². The monoisotopic (exact) mass is 490 g/mol. The summed E-state index contributed by atoms with van der Waals surface area (Å²) in [6, 6.07) is 10.3. The van der Waals surface area contributed by atoms with Gasteiger partial charge in [0.2, 0.25) is 5.91 Å². The number of esters is 1. The second-order valence-corrected chi connectivity index (χ2v) is 8.01. The van der Waals surface area contributed by atoms with Gasteiger partial charge in [-0.1, -0.05) is 18.2 Å². The van der Waals surface area contributed by atoms with Gasteiger partial charge in [0.1, 0.15) is 0 Å². The molecule has 1 aliphatic rings. The van der Waals surface area contributed by atoms with Gasteiger partial charge in [0.25, 0.3) is 0 Å². The first-order valence-electron chi connectivity index (χ1n) is 12.4. The van der Waals surface area contributed by atoms with Gasteiger partial charge in [-0.15, -0.1) is 0 Å². The van der Waals surface area contributed by atoms with E-state index in [4.69, 9.17) is 12.2 Å². The first-order valence-corrected chi connectivity index (χ1v) is 11.4. The van der Waals surface area contributed by atoms with Crippen molar-refractivity contribution < 1.29 is 26.5 Å². The van der Waals surface area contributed by atoms with Crippen LogP contribution in [0.1, 0.15) is 26.8 Å². The fourth-order valence-corrected chi connectivity index (χ4v) is 3.69. The highest BCUT2D eigenvalue weighted by molar-refractivity contribution is 5.95. The molecule has 2 aromatic heterocycles. The minimum atomic E-state index is -2.28. The van der Waals surface area contributed by atoms with Crippen LogP contribution in [0.25, 0.3) is 17.2 Å². The quantitative estimate of drug-likeness (QED) is 0.348. The molecule has 9 nitrogen and oxygen atoms in total. The molecular weight excluding hydrogens is 460 g/mol. The van der Waals surface area contributed by atoms with Crippen LogP contribution in [0.3, 0.4) is 0 Å². The number of aromatic nitrogens is 3. The van der Waals surface area contributed by atoms with E-state index >= 15 is 0 Å². The fourth-order valence-electron chi connectivity index (χ4n) is 3.69. The van der Waals surface area contributed by atoms with Crippen LogP contribution in [-0.2, 0) is 25.6 Å². The van der Waals surface area contributed by atoms with Crippen molar-refractivity contribution in [2.24, 2.45) is 5.92 Å². The molecule has 9 heteroatoms. The van der Waals surface area contributed by atoms with E-state index in [1.54, 1.807) is 54.9 Å². The molecule has 4 rings (SSSR count). The van der Waals surface area contributed by atoms with Gasteiger partial charge in [0, 0.05) is 60.6 Å². The number of ether oxygens (including phenoxy) is 3. The Kier molecular flexibility index (Phi) is 7.47. The number of pyridine rings is 1. The van der Waals surface area contributed by atoms with Crippen LogP contribution in [0.4, 0.5) is 5.69 Å². The summed E-state index contributed by atoms with van der Waals surface area (Å²) in [5.41, 5.74) is 2.38. The van der Waals surface area contributed by atoms with Crippen molar-refractivity contribution in [3.63, 3.8) is 0 Å². The Morgan fingerprint density at radius 2 is 1.83 bits per heavy atom. The van der Waals surface area contributed by atoms with Crippen LogP contribution in [0.5, 0.6) is 6.01 Å². The van der Waals surface area contributed by atoms with Gasteiger partial charge >= 0.3 is 12.0 Å². The highest BCUT2D eigenvalue weighted by atomic mass is 16.5. The van der Waals surface area contributed by atoms with Crippen molar-refractivity contribution in [3.8, 4) is 17.1 Å². The number of anilines is 1. The van der Waals surface area contributed by atoms with Crippen LogP contribution < -0.4 is 9.64 Å². The molecule has 1 aliphatic heterocycles. The Bertz CT molecular complexity index is 1290. The standard InChI is InChI=1S/C27H28N4O5/c1-34-25(32)9-6-19-4-3-5-24(14-19)31(26(33)20-10-12-36-13-11-20)18-23-8-7-21(15-28-23)22-16-29-27(35-2)30-17-22/h3-9,14-17,20H,10-13,18H2,1-2H3/i18D2. The maximum Gasteiger partial charge on any atom is 0.330 e. The zero-order valence-electron chi connectivity index (χ0n) is 22.1. The molecule has 1 amide bonds. The summed E-state index contributed by atoms with van der Waals surface area (Å²) in [5, 5.41) is 0. The zero-order chi connectivity index (χ0) is 27.1. The van der Waals surface area contributed by atoms with E-state index in [9.17, 15) is 9.59 Å². The number of nitrogens with zero attached hydrogens (tertiary/aromatic N) is 4. The minimum absolute atomic E-state index is 0.0617. The topological polar surface area (TPSA) is 104 Å². The maximum atomic E-state index is 13.8. The Morgan fingerprint density at radius 3 is 2.50 bits per heavy atom. The zero-order valence-corrected chi connectivity index (χ0v) is 20.1. The van der Waals surface area contributed by atoms with E-state index in [-0.39, 0.29) is 17.6 Å². The van der Waals surface area contributed by atoms with Gasteiger partial charge in [-0.3, -0.25) is 9.78 Å². The third-order valence-corrected chi connectivity index (χ3v) is 5.67. The predicted molar refractivity (Wildman–Crippen MR) is 134 cm³/mol. The Labute approximate surface area is 212 Å². The minimum Gasteiger partial charge on any atom is -0.467 e. The van der Waals surface area contributed by atoms with Gasteiger partial charge in [0.05, 0.1) is 29.2 Å². The van der Waals surface area contributed by atoms with Gasteiger partial charge in [0.15, 0.2) is 0 Å². The van der Waals surface area contributed by atoms with Crippen molar-refractivity contribution >= 4 is 23.6 Å². The summed E-state index contributed by atoms with van der Waals surface area (Å²) in [5.74, 6) is -1.28. The third kappa shape index (κ3) is 6.31. The average molecular weight is 491 g/mol. The molecular formula is C27H28N4O5. The number of carbonyl (C=O) groups is 2. The van der Waals surface area contributed by atoms with Crippen LogP contribution in [0, 0.1) is 5.92 Å². The van der Waals surface area contributed by atoms with E-state index < -0.39 is 18.4 Å². The van der Waals surface area contributed by atoms with Crippen molar-refractivity contribution in [3.05, 3.63) is 72.3 Å². The van der Waals surface area contributed by atoms with Crippen LogP contribution >= 0.6 is 0 Å². The van der Waals surface area contributed by atoms with Crippen LogP contribution in [0.15, 0.2) is 61.1 Å². The van der Waals surface area contributed by atoms with E-state index in [1.807, 2.05) is 0 Å². The number of methoxy groups -OCH3 is 2. The van der Waals surface area contributed by atoms with E-state index in [1.165, 1.54) is 26.5 Å². The highest BCUT2D eigenvalue weighted by Gasteiger charge is 2.28. The van der Waals surface area contributed by atoms with E-state index in [0.29, 0.717) is 48.4 Å². The van der Waals surface area contributed by atoms with Gasteiger partial charge in [-0.2, -0.15) is 0 Å². The second-order valence-electron chi connectivity index (χ2n) is 8.01. The molecule has 3 aromatic rings. The molecule has 0 saturated carbocycles. The van der Waals surface area contributed by atoms with Gasteiger partial charge < -0.3 is 19.1 Å². The molecule has 36 heavy (non-hydrogen) atoms. The lowest BCUT2D eigenvalue weighted by Gasteiger charge is -2.29. The maximum absolute atomic E-state index is 13.8. The number of hydrogen-bond donors (Lipinski definition) is 0. The molecule has 0 spiro atoms. The largest absolute Gasteiger partial charge is 0.467 e. The molecule has 186 valence electrons. The summed E-state index contributed by atoms with van der Waals surface area (Å²) < 4.78 is 33.2. The second kappa shape index (κ2) is 12.0. The Balaban J connectivity index is 1.70. The average Bonchev–Trinajstić information content (AvgIpc) is 2.96.